The van der Waals surface area contributed by atoms with E-state index in [-0.39, 0.29) is 16.9 Å². The Balaban J connectivity index is 1.87. The largest absolute Gasteiger partial charge is 0.381 e. The molecule has 1 aliphatic rings. The fourth-order valence-electron chi connectivity index (χ4n) is 3.09. The smallest absolute Gasteiger partial charge is 0.260 e. The summed E-state index contributed by atoms with van der Waals surface area (Å²) in [5, 5.41) is 1.87. The van der Waals surface area contributed by atoms with Gasteiger partial charge in [0.2, 0.25) is 0 Å². The van der Waals surface area contributed by atoms with Crippen LogP contribution in [-0.4, -0.2) is 23.8 Å². The van der Waals surface area contributed by atoms with Crippen molar-refractivity contribution in [3.8, 4) is 0 Å². The number of rotatable bonds is 4. The van der Waals surface area contributed by atoms with Crippen LogP contribution in [0.5, 0.6) is 0 Å². The minimum absolute atomic E-state index is 0.00251. The molecule has 116 valence electrons. The van der Waals surface area contributed by atoms with Crippen molar-refractivity contribution in [1.29, 1.82) is 0 Å². The molecule has 21 heavy (non-hydrogen) atoms. The molecule has 3 N–H and O–H groups in total. The number of thiazole rings is 1. The molecule has 0 saturated heterocycles. The molecule has 0 spiro atoms. The third-order valence-electron chi connectivity index (χ3n) is 4.18. The van der Waals surface area contributed by atoms with Crippen molar-refractivity contribution in [2.24, 2.45) is 5.92 Å². The molecular formula is C13H20N4O2S2. The first kappa shape index (κ1) is 14.8. The van der Waals surface area contributed by atoms with E-state index < -0.39 is 10.0 Å². The molecule has 2 unspecified atom stereocenters. The third kappa shape index (κ3) is 2.79. The van der Waals surface area contributed by atoms with E-state index >= 15 is 0 Å². The first-order chi connectivity index (χ1) is 10.0. The van der Waals surface area contributed by atoms with Crippen LogP contribution in [0.2, 0.25) is 0 Å². The van der Waals surface area contributed by atoms with Crippen LogP contribution in [0.1, 0.15) is 39.0 Å². The average Bonchev–Trinajstić information content (AvgIpc) is 2.97. The molecule has 2 aromatic rings. The predicted octanol–water partition coefficient (Wildman–Crippen LogP) is 2.23. The second kappa shape index (κ2) is 5.58. The lowest BCUT2D eigenvalue weighted by Crippen LogP contribution is -2.38. The van der Waals surface area contributed by atoms with Gasteiger partial charge in [-0.25, -0.2) is 18.1 Å². The van der Waals surface area contributed by atoms with Crippen molar-refractivity contribution in [3.63, 3.8) is 0 Å². The highest BCUT2D eigenvalue weighted by Crippen LogP contribution is 2.29. The van der Waals surface area contributed by atoms with Gasteiger partial charge in [-0.1, -0.05) is 26.2 Å². The molecule has 2 aromatic heterocycles. The van der Waals surface area contributed by atoms with Crippen LogP contribution in [0.25, 0.3) is 4.96 Å². The SMILES string of the molecule is CCC1CCCC(NS(=O)(=O)c2c(N)nc3sccn23)C1. The number of aromatic nitrogens is 2. The standard InChI is InChI=1S/C13H20N4O2S2/c1-2-9-4-3-5-10(8-9)16-21(18,19)12-11(14)15-13-17(12)6-7-20-13/h6-7,9-10,16H,2-5,8,14H2,1H3. The Morgan fingerprint density at radius 2 is 2.33 bits per heavy atom. The van der Waals surface area contributed by atoms with Gasteiger partial charge >= 0.3 is 0 Å². The Bertz CT molecular complexity index is 735. The number of fused-ring (bicyclic) bond motifs is 1. The molecular weight excluding hydrogens is 308 g/mol. The van der Waals surface area contributed by atoms with Crippen molar-refractivity contribution in [3.05, 3.63) is 11.6 Å². The topological polar surface area (TPSA) is 89.5 Å². The lowest BCUT2D eigenvalue weighted by Gasteiger charge is -2.28. The average molecular weight is 328 g/mol. The fourth-order valence-corrected chi connectivity index (χ4v) is 5.36. The van der Waals surface area contributed by atoms with Crippen molar-refractivity contribution < 1.29 is 8.42 Å². The minimum atomic E-state index is -3.64. The van der Waals surface area contributed by atoms with E-state index in [2.05, 4.69) is 16.6 Å². The summed E-state index contributed by atoms with van der Waals surface area (Å²) in [5.41, 5.74) is 5.80. The first-order valence-electron chi connectivity index (χ1n) is 7.24. The molecule has 0 amide bonds. The summed E-state index contributed by atoms with van der Waals surface area (Å²) < 4.78 is 29.6. The van der Waals surface area contributed by atoms with Crippen LogP contribution < -0.4 is 10.5 Å². The molecule has 0 aromatic carbocycles. The zero-order valence-corrected chi connectivity index (χ0v) is 13.6. The maximum Gasteiger partial charge on any atom is 0.260 e. The Morgan fingerprint density at radius 3 is 3.10 bits per heavy atom. The number of hydrogen-bond donors (Lipinski definition) is 2. The van der Waals surface area contributed by atoms with E-state index in [9.17, 15) is 8.42 Å². The summed E-state index contributed by atoms with van der Waals surface area (Å²) in [4.78, 5) is 4.70. The molecule has 1 saturated carbocycles. The number of nitrogens with zero attached hydrogens (tertiary/aromatic N) is 2. The van der Waals surface area contributed by atoms with E-state index in [4.69, 9.17) is 5.73 Å². The van der Waals surface area contributed by atoms with Crippen LogP contribution in [-0.2, 0) is 10.0 Å². The van der Waals surface area contributed by atoms with Crippen LogP contribution in [0.4, 0.5) is 5.82 Å². The Morgan fingerprint density at radius 1 is 1.52 bits per heavy atom. The first-order valence-corrected chi connectivity index (χ1v) is 9.61. The Hall–Kier alpha value is -1.12. The van der Waals surface area contributed by atoms with Gasteiger partial charge < -0.3 is 5.73 Å². The second-order valence-electron chi connectivity index (χ2n) is 5.62. The molecule has 1 aliphatic carbocycles. The van der Waals surface area contributed by atoms with Gasteiger partial charge in [-0.05, 0) is 18.8 Å². The molecule has 2 heterocycles. The lowest BCUT2D eigenvalue weighted by molar-refractivity contribution is 0.301. The monoisotopic (exact) mass is 328 g/mol. The zero-order chi connectivity index (χ0) is 15.0. The van der Waals surface area contributed by atoms with E-state index in [1.54, 1.807) is 16.0 Å². The van der Waals surface area contributed by atoms with Crippen LogP contribution in [0.15, 0.2) is 16.6 Å². The number of sulfonamides is 1. The summed E-state index contributed by atoms with van der Waals surface area (Å²) >= 11 is 1.37. The zero-order valence-electron chi connectivity index (χ0n) is 11.9. The number of nitrogen functional groups attached to an aromatic ring is 1. The normalized spacial score (nSPS) is 23.7. The number of nitrogens with two attached hydrogens (primary N) is 1. The van der Waals surface area contributed by atoms with Gasteiger partial charge in [0.15, 0.2) is 15.8 Å². The molecule has 2 atom stereocenters. The van der Waals surface area contributed by atoms with Gasteiger partial charge in [-0.15, -0.1) is 11.3 Å². The van der Waals surface area contributed by atoms with Gasteiger partial charge in [-0.3, -0.25) is 4.40 Å². The maximum absolute atomic E-state index is 12.6. The number of hydrogen-bond acceptors (Lipinski definition) is 5. The number of nitrogens with one attached hydrogen (secondary N) is 1. The van der Waals surface area contributed by atoms with Crippen molar-refractivity contribution in [1.82, 2.24) is 14.1 Å². The van der Waals surface area contributed by atoms with E-state index in [1.807, 2.05) is 0 Å². The Labute approximate surface area is 128 Å². The van der Waals surface area contributed by atoms with Crippen molar-refractivity contribution in [2.75, 3.05) is 5.73 Å². The van der Waals surface area contributed by atoms with Gasteiger partial charge in [0.25, 0.3) is 10.0 Å². The van der Waals surface area contributed by atoms with Crippen molar-refractivity contribution in [2.45, 2.75) is 50.1 Å². The summed E-state index contributed by atoms with van der Waals surface area (Å²) in [7, 11) is -3.64. The highest BCUT2D eigenvalue weighted by atomic mass is 32.2. The molecule has 6 nitrogen and oxygen atoms in total. The van der Waals surface area contributed by atoms with Crippen molar-refractivity contribution >= 4 is 32.1 Å². The number of imidazole rings is 1. The maximum atomic E-state index is 12.6. The molecule has 0 bridgehead atoms. The van der Waals surface area contributed by atoms with Crippen LogP contribution >= 0.6 is 11.3 Å². The van der Waals surface area contributed by atoms with Gasteiger partial charge in [0, 0.05) is 17.6 Å². The van der Waals surface area contributed by atoms with E-state index in [0.29, 0.717) is 10.9 Å². The van der Waals surface area contributed by atoms with Gasteiger partial charge in [-0.2, -0.15) is 0 Å². The molecule has 3 rings (SSSR count). The summed E-state index contributed by atoms with van der Waals surface area (Å²) in [6.07, 6.45) is 6.84. The van der Waals surface area contributed by atoms with E-state index in [0.717, 1.165) is 25.7 Å². The lowest BCUT2D eigenvalue weighted by atomic mass is 9.85. The Kier molecular flexibility index (Phi) is 3.94. The molecule has 1 fully saturated rings. The molecule has 0 radical (unpaired) electrons. The summed E-state index contributed by atoms with van der Waals surface area (Å²) in [6, 6.07) is -0.00251. The molecule has 0 aliphatic heterocycles. The molecule has 8 heteroatoms. The van der Waals surface area contributed by atoms with Gasteiger partial charge in [0.1, 0.15) is 0 Å². The van der Waals surface area contributed by atoms with Gasteiger partial charge in [0.05, 0.1) is 0 Å². The highest BCUT2D eigenvalue weighted by molar-refractivity contribution is 7.89. The highest BCUT2D eigenvalue weighted by Gasteiger charge is 2.29. The second-order valence-corrected chi connectivity index (χ2v) is 8.12. The van der Waals surface area contributed by atoms with E-state index in [1.165, 1.54) is 17.8 Å². The van der Waals surface area contributed by atoms with Crippen LogP contribution in [0.3, 0.4) is 0 Å². The fraction of sp³-hybridized carbons (Fsp3) is 0.615. The minimum Gasteiger partial charge on any atom is -0.381 e. The van der Waals surface area contributed by atoms with Crippen LogP contribution in [0, 0.1) is 5.92 Å². The summed E-state index contributed by atoms with van der Waals surface area (Å²) in [5.74, 6) is 0.674. The quantitative estimate of drug-likeness (QED) is 0.900. The summed E-state index contributed by atoms with van der Waals surface area (Å²) in [6.45, 7) is 2.16. The third-order valence-corrected chi connectivity index (χ3v) is 6.50. The number of anilines is 1. The predicted molar refractivity (Wildman–Crippen MR) is 83.8 cm³/mol.